The number of rotatable bonds is 5. The Kier molecular flexibility index (Phi) is 4.57. The van der Waals surface area contributed by atoms with Gasteiger partial charge in [-0.05, 0) is 36.4 Å². The van der Waals surface area contributed by atoms with E-state index in [1.54, 1.807) is 12.1 Å². The van der Waals surface area contributed by atoms with Gasteiger partial charge in [0.15, 0.2) is 0 Å². The Morgan fingerprint density at radius 1 is 1.16 bits per heavy atom. The zero-order valence-corrected chi connectivity index (χ0v) is 13.3. The van der Waals surface area contributed by atoms with E-state index in [0.717, 1.165) is 4.70 Å². The van der Waals surface area contributed by atoms with Crippen LogP contribution in [-0.2, 0) is 0 Å². The topological polar surface area (TPSA) is 81.5 Å². The van der Waals surface area contributed by atoms with E-state index in [-0.39, 0.29) is 11.4 Å². The Balaban J connectivity index is 1.76. The zero-order chi connectivity index (χ0) is 18.0. The van der Waals surface area contributed by atoms with E-state index in [1.165, 1.54) is 47.7 Å². The van der Waals surface area contributed by atoms with Crippen LogP contribution >= 0.6 is 11.3 Å². The first-order valence-corrected chi connectivity index (χ1v) is 7.78. The Hall–Kier alpha value is -3.07. The van der Waals surface area contributed by atoms with Crippen molar-refractivity contribution in [2.75, 3.05) is 5.32 Å². The van der Waals surface area contributed by atoms with Crippen molar-refractivity contribution in [1.82, 2.24) is 0 Å². The fourth-order valence-electron chi connectivity index (χ4n) is 2.17. The third kappa shape index (κ3) is 3.89. The molecule has 9 heteroatoms. The quantitative estimate of drug-likeness (QED) is 0.527. The zero-order valence-electron chi connectivity index (χ0n) is 12.4. The molecule has 0 saturated heterocycles. The van der Waals surface area contributed by atoms with Crippen molar-refractivity contribution < 1.29 is 23.2 Å². The van der Waals surface area contributed by atoms with Crippen molar-refractivity contribution in [2.24, 2.45) is 0 Å². The van der Waals surface area contributed by atoms with Crippen LogP contribution in [0.15, 0.2) is 48.5 Å². The molecule has 2 aromatic carbocycles. The summed E-state index contributed by atoms with van der Waals surface area (Å²) in [5.74, 6) is -0.409. The van der Waals surface area contributed by atoms with Crippen LogP contribution in [0.1, 0.15) is 9.67 Å². The molecular weight excluding hydrogens is 354 g/mol. The summed E-state index contributed by atoms with van der Waals surface area (Å²) in [4.78, 5) is 23.0. The number of alkyl halides is 2. The lowest BCUT2D eigenvalue weighted by Crippen LogP contribution is -2.10. The second-order valence-corrected chi connectivity index (χ2v) is 6.03. The highest BCUT2D eigenvalue weighted by Crippen LogP contribution is 2.29. The lowest BCUT2D eigenvalue weighted by Gasteiger charge is -2.06. The van der Waals surface area contributed by atoms with Crippen molar-refractivity contribution in [2.45, 2.75) is 6.61 Å². The molecule has 1 N–H and O–H groups in total. The molecule has 0 aliphatic carbocycles. The third-order valence-electron chi connectivity index (χ3n) is 3.27. The fraction of sp³-hybridized carbons (Fsp3) is 0.0625. The number of thiophene rings is 1. The van der Waals surface area contributed by atoms with Crippen molar-refractivity contribution in [1.29, 1.82) is 0 Å². The SMILES string of the molecule is O=C(Nc1ccc(OC(F)F)cc1)c1cc2cc([N+](=O)[O-])ccc2s1. The van der Waals surface area contributed by atoms with Gasteiger partial charge in [-0.1, -0.05) is 0 Å². The van der Waals surface area contributed by atoms with E-state index in [1.807, 2.05) is 0 Å². The van der Waals surface area contributed by atoms with Gasteiger partial charge >= 0.3 is 6.61 Å². The number of nitro benzene ring substituents is 1. The normalized spacial score (nSPS) is 10.8. The van der Waals surface area contributed by atoms with Crippen molar-refractivity contribution >= 4 is 38.7 Å². The molecule has 25 heavy (non-hydrogen) atoms. The number of carbonyl (C=O) groups is 1. The smallest absolute Gasteiger partial charge is 0.387 e. The summed E-state index contributed by atoms with van der Waals surface area (Å²) < 4.78 is 29.2. The first-order chi connectivity index (χ1) is 11.9. The number of halogens is 2. The number of anilines is 1. The lowest BCUT2D eigenvalue weighted by molar-refractivity contribution is -0.384. The standard InChI is InChI=1S/C16H10F2N2O4S/c17-16(18)24-12-4-1-10(2-5-12)19-15(21)14-8-9-7-11(20(22)23)3-6-13(9)25-14/h1-8,16H,(H,19,21). The number of nitro groups is 1. The number of amides is 1. The largest absolute Gasteiger partial charge is 0.435 e. The summed E-state index contributed by atoms with van der Waals surface area (Å²) in [6.07, 6.45) is 0. The predicted octanol–water partition coefficient (Wildman–Crippen LogP) is 4.66. The summed E-state index contributed by atoms with van der Waals surface area (Å²) in [7, 11) is 0. The van der Waals surface area contributed by atoms with Crippen LogP contribution < -0.4 is 10.1 Å². The van der Waals surface area contributed by atoms with Gasteiger partial charge in [0.1, 0.15) is 5.75 Å². The number of carbonyl (C=O) groups excluding carboxylic acids is 1. The van der Waals surface area contributed by atoms with E-state index in [4.69, 9.17) is 0 Å². The average Bonchev–Trinajstić information content (AvgIpc) is 2.99. The number of non-ortho nitro benzene ring substituents is 1. The molecule has 6 nitrogen and oxygen atoms in total. The van der Waals surface area contributed by atoms with Gasteiger partial charge in [0, 0.05) is 27.9 Å². The molecule has 0 saturated carbocycles. The van der Waals surface area contributed by atoms with Crippen LogP contribution in [-0.4, -0.2) is 17.4 Å². The van der Waals surface area contributed by atoms with Gasteiger partial charge < -0.3 is 10.1 Å². The molecule has 0 unspecified atom stereocenters. The van der Waals surface area contributed by atoms with E-state index in [2.05, 4.69) is 10.1 Å². The van der Waals surface area contributed by atoms with E-state index in [0.29, 0.717) is 16.0 Å². The van der Waals surface area contributed by atoms with Crippen LogP contribution in [0, 0.1) is 10.1 Å². The van der Waals surface area contributed by atoms with Gasteiger partial charge in [0.25, 0.3) is 11.6 Å². The minimum absolute atomic E-state index is 0.0119. The Bertz CT molecular complexity index is 941. The molecule has 0 radical (unpaired) electrons. The maximum Gasteiger partial charge on any atom is 0.387 e. The lowest BCUT2D eigenvalue weighted by atomic mass is 10.2. The fourth-order valence-corrected chi connectivity index (χ4v) is 3.11. The summed E-state index contributed by atoms with van der Waals surface area (Å²) >= 11 is 1.20. The predicted molar refractivity (Wildman–Crippen MR) is 89.5 cm³/mol. The first-order valence-electron chi connectivity index (χ1n) is 6.96. The minimum Gasteiger partial charge on any atom is -0.435 e. The summed E-state index contributed by atoms with van der Waals surface area (Å²) in [6, 6.07) is 11.4. The molecule has 128 valence electrons. The third-order valence-corrected chi connectivity index (χ3v) is 4.39. The summed E-state index contributed by atoms with van der Waals surface area (Å²) in [5, 5.41) is 14.0. The summed E-state index contributed by atoms with van der Waals surface area (Å²) in [6.45, 7) is -2.91. The van der Waals surface area contributed by atoms with Gasteiger partial charge in [-0.15, -0.1) is 11.3 Å². The van der Waals surface area contributed by atoms with Crippen molar-refractivity contribution in [3.8, 4) is 5.75 Å². The van der Waals surface area contributed by atoms with Crippen LogP contribution in [0.2, 0.25) is 0 Å². The molecule has 0 aliphatic heterocycles. The molecular formula is C16H10F2N2O4S. The monoisotopic (exact) mass is 364 g/mol. The number of benzene rings is 2. The maximum absolute atomic E-state index is 12.3. The second-order valence-electron chi connectivity index (χ2n) is 4.95. The van der Waals surface area contributed by atoms with E-state index >= 15 is 0 Å². The van der Waals surface area contributed by atoms with Gasteiger partial charge in [-0.25, -0.2) is 0 Å². The van der Waals surface area contributed by atoms with Gasteiger partial charge in [0.2, 0.25) is 0 Å². The number of ether oxygens (including phenoxy) is 1. The number of nitrogens with one attached hydrogen (secondary N) is 1. The molecule has 1 heterocycles. The average molecular weight is 364 g/mol. The highest BCUT2D eigenvalue weighted by atomic mass is 32.1. The first kappa shape index (κ1) is 16.8. The van der Waals surface area contributed by atoms with E-state index < -0.39 is 17.4 Å². The molecule has 1 aromatic heterocycles. The number of fused-ring (bicyclic) bond motifs is 1. The van der Waals surface area contributed by atoms with E-state index in [9.17, 15) is 23.7 Å². The molecule has 0 atom stereocenters. The summed E-state index contributed by atoms with van der Waals surface area (Å²) in [5.41, 5.74) is 0.363. The molecule has 3 rings (SSSR count). The molecule has 0 fully saturated rings. The number of hydrogen-bond donors (Lipinski definition) is 1. The molecule has 0 bridgehead atoms. The molecule has 1 amide bonds. The highest BCUT2D eigenvalue weighted by molar-refractivity contribution is 7.20. The van der Waals surface area contributed by atoms with Gasteiger partial charge in [0.05, 0.1) is 9.80 Å². The molecule has 0 aliphatic rings. The Labute approximate surface area is 143 Å². The Morgan fingerprint density at radius 3 is 2.52 bits per heavy atom. The maximum atomic E-state index is 12.3. The second kappa shape index (κ2) is 6.81. The van der Waals surface area contributed by atoms with Gasteiger partial charge in [-0.2, -0.15) is 8.78 Å². The number of nitrogens with zero attached hydrogens (tertiary/aromatic N) is 1. The Morgan fingerprint density at radius 2 is 1.88 bits per heavy atom. The van der Waals surface area contributed by atoms with Crippen LogP contribution in [0.25, 0.3) is 10.1 Å². The van der Waals surface area contributed by atoms with Crippen LogP contribution in [0.3, 0.4) is 0 Å². The van der Waals surface area contributed by atoms with Crippen LogP contribution in [0.4, 0.5) is 20.2 Å². The van der Waals surface area contributed by atoms with Crippen molar-refractivity contribution in [3.05, 3.63) is 63.5 Å². The molecule has 3 aromatic rings. The van der Waals surface area contributed by atoms with Gasteiger partial charge in [-0.3, -0.25) is 14.9 Å². The highest BCUT2D eigenvalue weighted by Gasteiger charge is 2.14. The van der Waals surface area contributed by atoms with Crippen LogP contribution in [0.5, 0.6) is 5.75 Å². The number of hydrogen-bond acceptors (Lipinski definition) is 5. The minimum atomic E-state index is -2.91. The van der Waals surface area contributed by atoms with Crippen molar-refractivity contribution in [3.63, 3.8) is 0 Å². The molecule has 0 spiro atoms.